The second kappa shape index (κ2) is 9.16. The topological polar surface area (TPSA) is 55.9 Å². The van der Waals surface area contributed by atoms with E-state index in [2.05, 4.69) is 17.1 Å². The molecule has 1 aromatic carbocycles. The molecule has 0 aromatic heterocycles. The number of nitrogens with one attached hydrogen (secondary N) is 1. The maximum absolute atomic E-state index is 13.0. The zero-order valence-corrected chi connectivity index (χ0v) is 17.6. The summed E-state index contributed by atoms with van der Waals surface area (Å²) in [5.74, 6) is 0.105. The Balaban J connectivity index is 1.37. The van der Waals surface area contributed by atoms with Gasteiger partial charge in [0.1, 0.15) is 0 Å². The lowest BCUT2D eigenvalue weighted by molar-refractivity contribution is 0.0761. The third kappa shape index (κ3) is 4.58. The Morgan fingerprint density at radius 2 is 1.69 bits per heavy atom. The number of carbonyl (C=O) groups is 2. The maximum atomic E-state index is 13.0. The first-order chi connectivity index (χ1) is 14.2. The van der Waals surface area contributed by atoms with Gasteiger partial charge in [0.05, 0.1) is 0 Å². The minimum absolute atomic E-state index is 0.0185. The molecule has 3 aliphatic heterocycles. The summed E-state index contributed by atoms with van der Waals surface area (Å²) in [6, 6.07) is 8.16. The molecular weight excluding hydrogens is 364 g/mol. The van der Waals surface area contributed by atoms with E-state index in [0.29, 0.717) is 11.6 Å². The van der Waals surface area contributed by atoms with Gasteiger partial charge in [0.15, 0.2) is 0 Å². The lowest BCUT2D eigenvalue weighted by Gasteiger charge is -2.43. The molecule has 6 heteroatoms. The van der Waals surface area contributed by atoms with Gasteiger partial charge in [0.2, 0.25) is 0 Å². The van der Waals surface area contributed by atoms with Crippen molar-refractivity contribution in [2.75, 3.05) is 38.0 Å². The van der Waals surface area contributed by atoms with Crippen LogP contribution < -0.4 is 5.32 Å². The second-order valence-corrected chi connectivity index (χ2v) is 8.72. The van der Waals surface area contributed by atoms with Crippen LogP contribution >= 0.6 is 0 Å². The molecular formula is C23H34N4O2. The van der Waals surface area contributed by atoms with Gasteiger partial charge in [-0.25, -0.2) is 4.79 Å². The number of amides is 3. The molecule has 2 atom stereocenters. The summed E-state index contributed by atoms with van der Waals surface area (Å²) in [6.07, 6.45) is 8.00. The summed E-state index contributed by atoms with van der Waals surface area (Å²) in [7, 11) is 0. The highest BCUT2D eigenvalue weighted by atomic mass is 16.2. The van der Waals surface area contributed by atoms with Gasteiger partial charge in [-0.05, 0) is 62.9 Å². The van der Waals surface area contributed by atoms with Crippen LogP contribution in [-0.4, -0.2) is 71.4 Å². The normalized spacial score (nSPS) is 25.4. The van der Waals surface area contributed by atoms with Gasteiger partial charge in [-0.3, -0.25) is 9.69 Å². The van der Waals surface area contributed by atoms with E-state index < -0.39 is 0 Å². The Morgan fingerprint density at radius 1 is 0.966 bits per heavy atom. The van der Waals surface area contributed by atoms with E-state index in [1.165, 1.54) is 32.2 Å². The van der Waals surface area contributed by atoms with Crippen LogP contribution in [0, 0.1) is 0 Å². The molecule has 1 aromatic rings. The molecule has 3 fully saturated rings. The van der Waals surface area contributed by atoms with Crippen LogP contribution in [0.25, 0.3) is 0 Å². The SMILES string of the molecule is CCC1CN2CCCC2CN1C(=O)Nc1ccc(C(=O)N2CCCCCC2)cc1. The van der Waals surface area contributed by atoms with Crippen LogP contribution in [0.4, 0.5) is 10.5 Å². The predicted molar refractivity (Wildman–Crippen MR) is 115 cm³/mol. The summed E-state index contributed by atoms with van der Waals surface area (Å²) in [5, 5.41) is 3.06. The van der Waals surface area contributed by atoms with E-state index in [1.54, 1.807) is 0 Å². The second-order valence-electron chi connectivity index (χ2n) is 8.72. The van der Waals surface area contributed by atoms with Crippen molar-refractivity contribution in [2.45, 2.75) is 64.0 Å². The number of likely N-dealkylation sites (tertiary alicyclic amines) is 1. The van der Waals surface area contributed by atoms with Gasteiger partial charge in [-0.1, -0.05) is 19.8 Å². The van der Waals surface area contributed by atoms with Gasteiger partial charge in [0, 0.05) is 49.5 Å². The molecule has 29 heavy (non-hydrogen) atoms. The standard InChI is InChI=1S/C23H34N4O2/c1-2-20-16-26-15-7-8-21(26)17-27(20)23(29)24-19-11-9-18(10-12-19)22(28)25-13-5-3-4-6-14-25/h9-12,20-21H,2-8,13-17H2,1H3,(H,24,29). The van der Waals surface area contributed by atoms with Crippen molar-refractivity contribution in [3.05, 3.63) is 29.8 Å². The first-order valence-electron chi connectivity index (χ1n) is 11.4. The minimum Gasteiger partial charge on any atom is -0.339 e. The van der Waals surface area contributed by atoms with Crippen molar-refractivity contribution in [3.8, 4) is 0 Å². The number of carbonyl (C=O) groups excluding carboxylic acids is 2. The number of anilines is 1. The van der Waals surface area contributed by atoms with E-state index in [9.17, 15) is 9.59 Å². The van der Waals surface area contributed by atoms with Crippen LogP contribution in [0.1, 0.15) is 62.2 Å². The third-order valence-corrected chi connectivity index (χ3v) is 6.80. The first-order valence-corrected chi connectivity index (χ1v) is 11.4. The Kier molecular flexibility index (Phi) is 6.38. The Labute approximate surface area is 174 Å². The van der Waals surface area contributed by atoms with Crippen LogP contribution in [0.15, 0.2) is 24.3 Å². The first kappa shape index (κ1) is 20.2. The molecule has 3 amide bonds. The van der Waals surface area contributed by atoms with Crippen molar-refractivity contribution in [3.63, 3.8) is 0 Å². The molecule has 4 rings (SSSR count). The van der Waals surface area contributed by atoms with Crippen molar-refractivity contribution >= 4 is 17.6 Å². The largest absolute Gasteiger partial charge is 0.339 e. The number of rotatable bonds is 3. The maximum Gasteiger partial charge on any atom is 0.322 e. The molecule has 1 N–H and O–H groups in total. The lowest BCUT2D eigenvalue weighted by Crippen LogP contribution is -2.58. The molecule has 6 nitrogen and oxygen atoms in total. The zero-order chi connectivity index (χ0) is 20.2. The van der Waals surface area contributed by atoms with Gasteiger partial charge in [-0.15, -0.1) is 0 Å². The Morgan fingerprint density at radius 3 is 2.38 bits per heavy atom. The van der Waals surface area contributed by atoms with Crippen LogP contribution in [0.3, 0.4) is 0 Å². The summed E-state index contributed by atoms with van der Waals surface area (Å²) in [5.41, 5.74) is 1.46. The predicted octanol–water partition coefficient (Wildman–Crippen LogP) is 3.79. The molecule has 0 spiro atoms. The summed E-state index contributed by atoms with van der Waals surface area (Å²) < 4.78 is 0. The average Bonchev–Trinajstić information content (AvgIpc) is 3.03. The van der Waals surface area contributed by atoms with Gasteiger partial charge < -0.3 is 15.1 Å². The lowest BCUT2D eigenvalue weighted by atomic mass is 10.1. The fourth-order valence-corrected chi connectivity index (χ4v) is 5.03. The van der Waals surface area contributed by atoms with Gasteiger partial charge in [-0.2, -0.15) is 0 Å². The molecule has 158 valence electrons. The van der Waals surface area contributed by atoms with Crippen LogP contribution in [-0.2, 0) is 0 Å². The van der Waals surface area contributed by atoms with Crippen molar-refractivity contribution in [2.24, 2.45) is 0 Å². The molecule has 0 aliphatic carbocycles. The smallest absolute Gasteiger partial charge is 0.322 e. The Bertz CT molecular complexity index is 712. The molecule has 3 saturated heterocycles. The monoisotopic (exact) mass is 398 g/mol. The highest BCUT2D eigenvalue weighted by molar-refractivity contribution is 5.95. The molecule has 0 radical (unpaired) electrons. The van der Waals surface area contributed by atoms with Crippen molar-refractivity contribution < 1.29 is 9.59 Å². The molecule has 3 aliphatic rings. The van der Waals surface area contributed by atoms with E-state index in [-0.39, 0.29) is 18.0 Å². The molecule has 2 unspecified atom stereocenters. The number of hydrogen-bond acceptors (Lipinski definition) is 3. The highest BCUT2D eigenvalue weighted by Crippen LogP contribution is 2.26. The van der Waals surface area contributed by atoms with Gasteiger partial charge >= 0.3 is 6.03 Å². The number of urea groups is 1. The third-order valence-electron chi connectivity index (χ3n) is 6.80. The van der Waals surface area contributed by atoms with Crippen LogP contribution in [0.2, 0.25) is 0 Å². The van der Waals surface area contributed by atoms with Crippen molar-refractivity contribution in [1.82, 2.24) is 14.7 Å². The summed E-state index contributed by atoms with van der Waals surface area (Å²) in [6.45, 7) is 6.83. The fraction of sp³-hybridized carbons (Fsp3) is 0.652. The number of nitrogens with zero attached hydrogens (tertiary/aromatic N) is 3. The molecule has 0 saturated carbocycles. The zero-order valence-electron chi connectivity index (χ0n) is 17.6. The number of fused-ring (bicyclic) bond motifs is 1. The number of benzene rings is 1. The van der Waals surface area contributed by atoms with Crippen LogP contribution in [0.5, 0.6) is 0 Å². The number of piperazine rings is 1. The van der Waals surface area contributed by atoms with E-state index in [4.69, 9.17) is 0 Å². The van der Waals surface area contributed by atoms with E-state index in [1.807, 2.05) is 34.1 Å². The number of hydrogen-bond donors (Lipinski definition) is 1. The summed E-state index contributed by atoms with van der Waals surface area (Å²) >= 11 is 0. The average molecular weight is 399 g/mol. The van der Waals surface area contributed by atoms with Gasteiger partial charge in [0.25, 0.3) is 5.91 Å². The Hall–Kier alpha value is -2.08. The summed E-state index contributed by atoms with van der Waals surface area (Å²) in [4.78, 5) is 32.2. The van der Waals surface area contributed by atoms with E-state index in [0.717, 1.165) is 51.1 Å². The molecule has 0 bridgehead atoms. The minimum atomic E-state index is -0.0185. The van der Waals surface area contributed by atoms with Crippen molar-refractivity contribution in [1.29, 1.82) is 0 Å². The highest BCUT2D eigenvalue weighted by Gasteiger charge is 2.37. The molecule has 3 heterocycles. The fourth-order valence-electron chi connectivity index (χ4n) is 5.03. The quantitative estimate of drug-likeness (QED) is 0.843. The van der Waals surface area contributed by atoms with E-state index >= 15 is 0 Å².